The lowest BCUT2D eigenvalue weighted by Gasteiger charge is -2.34. The maximum absolute atomic E-state index is 4.07. The number of hydrogen-bond donors (Lipinski definition) is 1. The lowest BCUT2D eigenvalue weighted by atomic mass is 9.81. The molecule has 78 valence electrons. The van der Waals surface area contributed by atoms with Crippen LogP contribution in [0.15, 0.2) is 0 Å². The van der Waals surface area contributed by atoms with Gasteiger partial charge in [-0.1, -0.05) is 6.92 Å². The second kappa shape index (κ2) is 3.65. The van der Waals surface area contributed by atoms with Crippen LogP contribution < -0.4 is 5.32 Å². The van der Waals surface area contributed by atoms with E-state index in [4.69, 9.17) is 0 Å². The molecule has 1 N–H and O–H groups in total. The third-order valence-corrected chi connectivity index (χ3v) is 3.23. The summed E-state index contributed by atoms with van der Waals surface area (Å²) in [4.78, 5) is 0. The largest absolute Gasteiger partial charge is 0.311 e. The Hall–Kier alpha value is -0.970. The van der Waals surface area contributed by atoms with E-state index in [9.17, 15) is 0 Å². The Labute approximate surface area is 83.9 Å². The minimum Gasteiger partial charge on any atom is -0.311 e. The smallest absolute Gasteiger partial charge is 0.168 e. The highest BCUT2D eigenvalue weighted by Gasteiger charge is 2.32. The number of hydrogen-bond acceptors (Lipinski definition) is 4. The third kappa shape index (κ3) is 1.41. The molecule has 14 heavy (non-hydrogen) atoms. The van der Waals surface area contributed by atoms with Crippen molar-refractivity contribution in [3.05, 3.63) is 5.82 Å². The van der Waals surface area contributed by atoms with Gasteiger partial charge in [-0.3, -0.25) is 0 Å². The molecule has 0 aromatic carbocycles. The molecule has 0 radical (unpaired) electrons. The van der Waals surface area contributed by atoms with Crippen LogP contribution in [0.5, 0.6) is 0 Å². The van der Waals surface area contributed by atoms with Crippen molar-refractivity contribution >= 4 is 0 Å². The molecule has 1 aromatic rings. The van der Waals surface area contributed by atoms with Crippen molar-refractivity contribution in [3.8, 4) is 0 Å². The SMILES string of the molecule is CNC(C)c1nnnn1C1CCC1C. The zero-order valence-electron chi connectivity index (χ0n) is 8.94. The average molecular weight is 195 g/mol. The van der Waals surface area contributed by atoms with E-state index in [2.05, 4.69) is 34.7 Å². The van der Waals surface area contributed by atoms with Crippen LogP contribution in [0.3, 0.4) is 0 Å². The van der Waals surface area contributed by atoms with Crippen molar-refractivity contribution in [1.29, 1.82) is 0 Å². The topological polar surface area (TPSA) is 55.6 Å². The molecular weight excluding hydrogens is 178 g/mol. The van der Waals surface area contributed by atoms with E-state index in [1.807, 2.05) is 11.7 Å². The molecule has 1 aliphatic carbocycles. The van der Waals surface area contributed by atoms with Crippen LogP contribution >= 0.6 is 0 Å². The van der Waals surface area contributed by atoms with Gasteiger partial charge in [0.1, 0.15) is 0 Å². The summed E-state index contributed by atoms with van der Waals surface area (Å²) in [5.74, 6) is 1.66. The van der Waals surface area contributed by atoms with E-state index < -0.39 is 0 Å². The molecule has 0 amide bonds. The van der Waals surface area contributed by atoms with E-state index in [0.717, 1.165) is 5.82 Å². The lowest BCUT2D eigenvalue weighted by Crippen LogP contribution is -2.31. The number of nitrogens with zero attached hydrogens (tertiary/aromatic N) is 4. The van der Waals surface area contributed by atoms with Gasteiger partial charge in [0.05, 0.1) is 12.1 Å². The maximum Gasteiger partial charge on any atom is 0.168 e. The number of tetrazole rings is 1. The van der Waals surface area contributed by atoms with Crippen molar-refractivity contribution in [2.75, 3.05) is 7.05 Å². The lowest BCUT2D eigenvalue weighted by molar-refractivity contribution is 0.175. The molecule has 0 saturated heterocycles. The predicted octanol–water partition coefficient (Wildman–Crippen LogP) is 0.924. The van der Waals surface area contributed by atoms with Crippen LogP contribution in [0, 0.1) is 5.92 Å². The van der Waals surface area contributed by atoms with Crippen LogP contribution in [0.1, 0.15) is 44.6 Å². The van der Waals surface area contributed by atoms with Crippen LogP contribution in [0.2, 0.25) is 0 Å². The first-order valence-corrected chi connectivity index (χ1v) is 5.19. The van der Waals surface area contributed by atoms with Crippen molar-refractivity contribution < 1.29 is 0 Å². The fourth-order valence-corrected chi connectivity index (χ4v) is 1.86. The monoisotopic (exact) mass is 195 g/mol. The maximum atomic E-state index is 4.07. The summed E-state index contributed by atoms with van der Waals surface area (Å²) in [6, 6.07) is 0.730. The van der Waals surface area contributed by atoms with Gasteiger partial charge in [-0.05, 0) is 43.2 Å². The summed E-state index contributed by atoms with van der Waals surface area (Å²) in [5, 5.41) is 15.1. The normalized spacial score (nSPS) is 28.5. The summed E-state index contributed by atoms with van der Waals surface area (Å²) in [6.07, 6.45) is 2.49. The molecule has 1 aromatic heterocycles. The van der Waals surface area contributed by atoms with Gasteiger partial charge in [-0.25, -0.2) is 4.68 Å². The summed E-state index contributed by atoms with van der Waals surface area (Å²) >= 11 is 0. The molecule has 1 fully saturated rings. The van der Waals surface area contributed by atoms with Crippen LogP contribution in [-0.4, -0.2) is 27.3 Å². The van der Waals surface area contributed by atoms with Gasteiger partial charge < -0.3 is 5.32 Å². The highest BCUT2D eigenvalue weighted by molar-refractivity contribution is 4.95. The zero-order chi connectivity index (χ0) is 10.1. The molecule has 3 atom stereocenters. The fourth-order valence-electron chi connectivity index (χ4n) is 1.86. The second-order valence-corrected chi connectivity index (χ2v) is 4.11. The minimum atomic E-state index is 0.220. The molecular formula is C9H17N5. The van der Waals surface area contributed by atoms with Gasteiger partial charge in [0.15, 0.2) is 5.82 Å². The molecule has 5 nitrogen and oxygen atoms in total. The van der Waals surface area contributed by atoms with E-state index in [-0.39, 0.29) is 6.04 Å². The van der Waals surface area contributed by atoms with E-state index in [0.29, 0.717) is 12.0 Å². The van der Waals surface area contributed by atoms with Gasteiger partial charge in [0, 0.05) is 0 Å². The van der Waals surface area contributed by atoms with Crippen LogP contribution in [-0.2, 0) is 0 Å². The molecule has 5 heteroatoms. The highest BCUT2D eigenvalue weighted by Crippen LogP contribution is 2.38. The Bertz CT molecular complexity index is 308. The molecule has 3 unspecified atom stereocenters. The molecule has 1 aliphatic rings. The Morgan fingerprint density at radius 2 is 2.29 bits per heavy atom. The summed E-state index contributed by atoms with van der Waals surface area (Å²) in [6.45, 7) is 4.33. The summed E-state index contributed by atoms with van der Waals surface area (Å²) in [5.41, 5.74) is 0. The number of rotatable bonds is 3. The van der Waals surface area contributed by atoms with Gasteiger partial charge in [-0.2, -0.15) is 0 Å². The first-order chi connectivity index (χ1) is 6.74. The Kier molecular flexibility index (Phi) is 2.50. The number of nitrogens with one attached hydrogen (secondary N) is 1. The molecule has 1 saturated carbocycles. The highest BCUT2D eigenvalue weighted by atomic mass is 15.6. The van der Waals surface area contributed by atoms with Crippen molar-refractivity contribution in [3.63, 3.8) is 0 Å². The second-order valence-electron chi connectivity index (χ2n) is 4.11. The average Bonchev–Trinajstić information content (AvgIpc) is 2.63. The Morgan fingerprint density at radius 3 is 2.79 bits per heavy atom. The zero-order valence-corrected chi connectivity index (χ0v) is 8.94. The summed E-state index contributed by atoms with van der Waals surface area (Å²) in [7, 11) is 1.92. The standard InChI is InChI=1S/C9H17N5/c1-6-4-5-8(6)14-9(7(2)10-3)11-12-13-14/h6-8,10H,4-5H2,1-3H3. The first-order valence-electron chi connectivity index (χ1n) is 5.19. The Morgan fingerprint density at radius 1 is 1.50 bits per heavy atom. The van der Waals surface area contributed by atoms with E-state index in [1.54, 1.807) is 0 Å². The van der Waals surface area contributed by atoms with Gasteiger partial charge in [0.25, 0.3) is 0 Å². The van der Waals surface area contributed by atoms with Crippen molar-refractivity contribution in [1.82, 2.24) is 25.5 Å². The van der Waals surface area contributed by atoms with Gasteiger partial charge in [0.2, 0.25) is 0 Å². The number of aromatic nitrogens is 4. The fraction of sp³-hybridized carbons (Fsp3) is 0.889. The minimum absolute atomic E-state index is 0.220. The van der Waals surface area contributed by atoms with Crippen molar-refractivity contribution in [2.24, 2.45) is 5.92 Å². The Balaban J connectivity index is 2.21. The predicted molar refractivity (Wildman–Crippen MR) is 52.7 cm³/mol. The molecule has 0 bridgehead atoms. The van der Waals surface area contributed by atoms with Crippen molar-refractivity contribution in [2.45, 2.75) is 38.8 Å². The van der Waals surface area contributed by atoms with Crippen LogP contribution in [0.4, 0.5) is 0 Å². The van der Waals surface area contributed by atoms with Gasteiger partial charge >= 0.3 is 0 Å². The van der Waals surface area contributed by atoms with E-state index in [1.165, 1.54) is 12.8 Å². The summed E-state index contributed by atoms with van der Waals surface area (Å²) < 4.78 is 1.98. The molecule has 2 rings (SSSR count). The van der Waals surface area contributed by atoms with E-state index >= 15 is 0 Å². The first kappa shape index (κ1) is 9.58. The van der Waals surface area contributed by atoms with Gasteiger partial charge in [-0.15, -0.1) is 5.10 Å². The quantitative estimate of drug-likeness (QED) is 0.779. The molecule has 0 spiro atoms. The third-order valence-electron chi connectivity index (χ3n) is 3.23. The van der Waals surface area contributed by atoms with Crippen LogP contribution in [0.25, 0.3) is 0 Å². The molecule has 0 aliphatic heterocycles. The molecule has 1 heterocycles.